The second-order valence-electron chi connectivity index (χ2n) is 2.76. The van der Waals surface area contributed by atoms with Gasteiger partial charge in [0.15, 0.2) is 5.58 Å². The fourth-order valence-electron chi connectivity index (χ4n) is 1.24. The molecule has 0 aliphatic heterocycles. The number of aromatic nitrogens is 1. The molecule has 0 N–H and O–H groups in total. The maximum absolute atomic E-state index is 5.26. The average molecular weight is 177 g/mol. The van der Waals surface area contributed by atoms with E-state index in [1.165, 1.54) is 0 Å². The summed E-state index contributed by atoms with van der Waals surface area (Å²) in [4.78, 5) is 0. The Morgan fingerprint density at radius 3 is 3.08 bits per heavy atom. The van der Waals surface area contributed by atoms with Crippen LogP contribution in [-0.2, 0) is 11.3 Å². The van der Waals surface area contributed by atoms with E-state index in [-0.39, 0.29) is 0 Å². The first-order valence-corrected chi connectivity index (χ1v) is 4.33. The van der Waals surface area contributed by atoms with Crippen LogP contribution in [0.25, 0.3) is 11.0 Å². The number of benzene rings is 1. The van der Waals surface area contributed by atoms with Gasteiger partial charge in [0.2, 0.25) is 0 Å². The van der Waals surface area contributed by atoms with Crippen molar-refractivity contribution in [3.8, 4) is 0 Å². The minimum atomic E-state index is 0.521. The van der Waals surface area contributed by atoms with Gasteiger partial charge in [-0.3, -0.25) is 0 Å². The zero-order chi connectivity index (χ0) is 9.10. The van der Waals surface area contributed by atoms with Crippen molar-refractivity contribution in [2.45, 2.75) is 13.5 Å². The highest BCUT2D eigenvalue weighted by molar-refractivity contribution is 5.78. The third-order valence-electron chi connectivity index (χ3n) is 1.90. The molecule has 0 unspecified atom stereocenters. The summed E-state index contributed by atoms with van der Waals surface area (Å²) in [6.45, 7) is 3.18. The summed E-state index contributed by atoms with van der Waals surface area (Å²) >= 11 is 0. The van der Waals surface area contributed by atoms with Gasteiger partial charge in [0.1, 0.15) is 5.69 Å². The molecule has 1 heterocycles. The maximum atomic E-state index is 5.26. The molecule has 2 rings (SSSR count). The molecule has 0 radical (unpaired) electrons. The Kier molecular flexibility index (Phi) is 2.27. The standard InChI is InChI=1S/C10H11NO2/c1-2-12-7-9-8-5-3-4-6-10(8)13-11-9/h3-6H,2,7H2,1H3. The molecule has 0 aliphatic carbocycles. The van der Waals surface area contributed by atoms with Crippen molar-refractivity contribution < 1.29 is 9.26 Å². The van der Waals surface area contributed by atoms with E-state index in [1.807, 2.05) is 31.2 Å². The quantitative estimate of drug-likeness (QED) is 0.721. The van der Waals surface area contributed by atoms with E-state index in [0.29, 0.717) is 13.2 Å². The summed E-state index contributed by atoms with van der Waals surface area (Å²) in [5, 5.41) is 4.97. The first kappa shape index (κ1) is 8.26. The molecule has 0 spiro atoms. The normalized spacial score (nSPS) is 10.8. The average Bonchev–Trinajstić information content (AvgIpc) is 2.58. The SMILES string of the molecule is CCOCc1noc2ccccc12. The van der Waals surface area contributed by atoms with Crippen molar-refractivity contribution in [2.75, 3.05) is 6.61 Å². The van der Waals surface area contributed by atoms with E-state index in [0.717, 1.165) is 16.7 Å². The first-order valence-electron chi connectivity index (χ1n) is 4.33. The summed E-state index contributed by atoms with van der Waals surface area (Å²) < 4.78 is 10.4. The molecule has 3 heteroatoms. The number of rotatable bonds is 3. The molecule has 0 fully saturated rings. The third kappa shape index (κ3) is 1.55. The summed E-state index contributed by atoms with van der Waals surface area (Å²) in [5.41, 5.74) is 1.69. The molecule has 1 aromatic heterocycles. The van der Waals surface area contributed by atoms with E-state index in [9.17, 15) is 0 Å². The van der Waals surface area contributed by atoms with Crippen LogP contribution in [0, 0.1) is 0 Å². The highest BCUT2D eigenvalue weighted by Gasteiger charge is 2.05. The molecule has 0 amide bonds. The van der Waals surface area contributed by atoms with E-state index in [2.05, 4.69) is 5.16 Å². The Hall–Kier alpha value is -1.35. The highest BCUT2D eigenvalue weighted by atomic mass is 16.5. The highest BCUT2D eigenvalue weighted by Crippen LogP contribution is 2.17. The van der Waals surface area contributed by atoms with Crippen molar-refractivity contribution in [3.63, 3.8) is 0 Å². The van der Waals surface area contributed by atoms with Crippen LogP contribution >= 0.6 is 0 Å². The van der Waals surface area contributed by atoms with Gasteiger partial charge in [0, 0.05) is 12.0 Å². The predicted octanol–water partition coefficient (Wildman–Crippen LogP) is 2.36. The molecular formula is C10H11NO2. The van der Waals surface area contributed by atoms with E-state index >= 15 is 0 Å². The minimum absolute atomic E-state index is 0.521. The molecule has 2 aromatic rings. The van der Waals surface area contributed by atoms with Crippen LogP contribution < -0.4 is 0 Å². The monoisotopic (exact) mass is 177 g/mol. The Bertz CT molecular complexity index is 394. The largest absolute Gasteiger partial charge is 0.375 e. The summed E-state index contributed by atoms with van der Waals surface area (Å²) in [6.07, 6.45) is 0. The lowest BCUT2D eigenvalue weighted by molar-refractivity contribution is 0.129. The van der Waals surface area contributed by atoms with E-state index < -0.39 is 0 Å². The van der Waals surface area contributed by atoms with Gasteiger partial charge in [0.05, 0.1) is 6.61 Å². The van der Waals surface area contributed by atoms with Gasteiger partial charge in [-0.1, -0.05) is 17.3 Å². The molecule has 1 aromatic carbocycles. The molecule has 0 bridgehead atoms. The number of fused-ring (bicyclic) bond motifs is 1. The van der Waals surface area contributed by atoms with Gasteiger partial charge in [-0.2, -0.15) is 0 Å². The van der Waals surface area contributed by atoms with Crippen molar-refractivity contribution in [3.05, 3.63) is 30.0 Å². The van der Waals surface area contributed by atoms with Gasteiger partial charge < -0.3 is 9.26 Å². The van der Waals surface area contributed by atoms with Crippen LogP contribution in [0.5, 0.6) is 0 Å². The van der Waals surface area contributed by atoms with Crippen LogP contribution in [0.15, 0.2) is 28.8 Å². The number of ether oxygens (including phenoxy) is 1. The van der Waals surface area contributed by atoms with Crippen LogP contribution in [0.3, 0.4) is 0 Å². The molecule has 0 saturated heterocycles. The zero-order valence-electron chi connectivity index (χ0n) is 7.49. The molecule has 0 atom stereocenters. The van der Waals surface area contributed by atoms with Crippen LogP contribution in [-0.4, -0.2) is 11.8 Å². The molecule has 68 valence electrons. The Morgan fingerprint density at radius 1 is 1.38 bits per heavy atom. The van der Waals surface area contributed by atoms with E-state index in [4.69, 9.17) is 9.26 Å². The molecule has 0 saturated carbocycles. The summed E-state index contributed by atoms with van der Waals surface area (Å²) in [7, 11) is 0. The summed E-state index contributed by atoms with van der Waals surface area (Å²) in [5.74, 6) is 0. The predicted molar refractivity (Wildman–Crippen MR) is 49.3 cm³/mol. The van der Waals surface area contributed by atoms with Crippen LogP contribution in [0.1, 0.15) is 12.6 Å². The molecule has 0 aliphatic rings. The number of nitrogens with zero attached hydrogens (tertiary/aromatic N) is 1. The number of hydrogen-bond donors (Lipinski definition) is 0. The Labute approximate surface area is 76.3 Å². The first-order chi connectivity index (χ1) is 6.42. The second kappa shape index (κ2) is 3.58. The van der Waals surface area contributed by atoms with Gasteiger partial charge >= 0.3 is 0 Å². The topological polar surface area (TPSA) is 35.3 Å². The fourth-order valence-corrected chi connectivity index (χ4v) is 1.24. The lowest BCUT2D eigenvalue weighted by atomic mass is 10.2. The second-order valence-corrected chi connectivity index (χ2v) is 2.76. The van der Waals surface area contributed by atoms with Gasteiger partial charge in [-0.05, 0) is 19.1 Å². The number of hydrogen-bond acceptors (Lipinski definition) is 3. The summed E-state index contributed by atoms with van der Waals surface area (Å²) in [6, 6.07) is 7.78. The van der Waals surface area contributed by atoms with E-state index in [1.54, 1.807) is 0 Å². The van der Waals surface area contributed by atoms with Crippen molar-refractivity contribution in [2.24, 2.45) is 0 Å². The van der Waals surface area contributed by atoms with Crippen molar-refractivity contribution in [1.82, 2.24) is 5.16 Å². The number of para-hydroxylation sites is 1. The zero-order valence-corrected chi connectivity index (χ0v) is 7.49. The van der Waals surface area contributed by atoms with Crippen LogP contribution in [0.4, 0.5) is 0 Å². The fraction of sp³-hybridized carbons (Fsp3) is 0.300. The van der Waals surface area contributed by atoms with Gasteiger partial charge in [-0.15, -0.1) is 0 Å². The molecule has 13 heavy (non-hydrogen) atoms. The smallest absolute Gasteiger partial charge is 0.167 e. The Balaban J connectivity index is 2.35. The lowest BCUT2D eigenvalue weighted by Crippen LogP contribution is -1.91. The lowest BCUT2D eigenvalue weighted by Gasteiger charge is -1.95. The Morgan fingerprint density at radius 2 is 2.23 bits per heavy atom. The van der Waals surface area contributed by atoms with Gasteiger partial charge in [-0.25, -0.2) is 0 Å². The van der Waals surface area contributed by atoms with Crippen molar-refractivity contribution >= 4 is 11.0 Å². The van der Waals surface area contributed by atoms with Gasteiger partial charge in [0.25, 0.3) is 0 Å². The molecule has 3 nitrogen and oxygen atoms in total. The molecular weight excluding hydrogens is 166 g/mol. The van der Waals surface area contributed by atoms with Crippen LogP contribution in [0.2, 0.25) is 0 Å². The van der Waals surface area contributed by atoms with Crippen molar-refractivity contribution in [1.29, 1.82) is 0 Å². The minimum Gasteiger partial charge on any atom is -0.375 e. The maximum Gasteiger partial charge on any atom is 0.167 e. The third-order valence-corrected chi connectivity index (χ3v) is 1.90.